The number of esters is 1. The molecule has 0 spiro atoms. The number of ether oxygens (including phenoxy) is 1. The summed E-state index contributed by atoms with van der Waals surface area (Å²) in [5.41, 5.74) is 0.271. The highest BCUT2D eigenvalue weighted by Crippen LogP contribution is 2.09. The van der Waals surface area contributed by atoms with E-state index in [-0.39, 0.29) is 17.8 Å². The van der Waals surface area contributed by atoms with E-state index in [1.165, 1.54) is 37.9 Å². The lowest BCUT2D eigenvalue weighted by Gasteiger charge is -2.12. The summed E-state index contributed by atoms with van der Waals surface area (Å²) in [4.78, 5) is 19.4. The molecule has 0 aromatic carbocycles. The smallest absolute Gasteiger partial charge is 0.358 e. The molecule has 4 nitrogen and oxygen atoms in total. The van der Waals surface area contributed by atoms with Crippen molar-refractivity contribution in [2.24, 2.45) is 0 Å². The van der Waals surface area contributed by atoms with Gasteiger partial charge in [-0.3, -0.25) is 4.98 Å². The van der Waals surface area contributed by atoms with Crippen LogP contribution in [0, 0.1) is 0 Å². The quantitative estimate of drug-likeness (QED) is 0.539. The van der Waals surface area contributed by atoms with E-state index < -0.39 is 0 Å². The molecule has 1 atom stereocenters. The van der Waals surface area contributed by atoms with Crippen LogP contribution in [0.4, 0.5) is 0 Å². The first-order valence-electron chi connectivity index (χ1n) is 6.21. The molecule has 0 N–H and O–H groups in total. The molecule has 0 aliphatic heterocycles. The van der Waals surface area contributed by atoms with Gasteiger partial charge in [-0.25, -0.2) is 9.78 Å². The zero-order valence-electron chi connectivity index (χ0n) is 10.6. The van der Waals surface area contributed by atoms with Gasteiger partial charge in [-0.15, -0.1) is 0 Å². The van der Waals surface area contributed by atoms with Crippen LogP contribution in [0.25, 0.3) is 0 Å². The highest BCUT2D eigenvalue weighted by molar-refractivity contribution is 5.86. The topological polar surface area (TPSA) is 52.1 Å². The molecule has 17 heavy (non-hydrogen) atoms. The summed E-state index contributed by atoms with van der Waals surface area (Å²) in [5.74, 6) is -0.388. The molecule has 0 aliphatic carbocycles. The molecule has 1 heterocycles. The van der Waals surface area contributed by atoms with Crippen molar-refractivity contribution in [3.63, 3.8) is 0 Å². The maximum atomic E-state index is 11.6. The minimum absolute atomic E-state index is 0.0543. The predicted molar refractivity (Wildman–Crippen MR) is 65.7 cm³/mol. The molecule has 0 fully saturated rings. The van der Waals surface area contributed by atoms with E-state index in [4.69, 9.17) is 4.74 Å². The number of unbranched alkanes of at least 4 members (excludes halogenated alkanes) is 3. The highest BCUT2D eigenvalue weighted by atomic mass is 16.5. The first-order valence-corrected chi connectivity index (χ1v) is 6.21. The monoisotopic (exact) mass is 236 g/mol. The summed E-state index contributed by atoms with van der Waals surface area (Å²) in [6.07, 6.45) is 10.1. The van der Waals surface area contributed by atoms with Gasteiger partial charge in [-0.2, -0.15) is 0 Å². The normalized spacial score (nSPS) is 12.1. The minimum atomic E-state index is -0.388. The molecule has 0 unspecified atom stereocenters. The Morgan fingerprint density at radius 3 is 2.82 bits per heavy atom. The Hall–Kier alpha value is -1.45. The maximum absolute atomic E-state index is 11.6. The van der Waals surface area contributed by atoms with E-state index in [9.17, 15) is 4.79 Å². The first kappa shape index (κ1) is 13.6. The van der Waals surface area contributed by atoms with E-state index in [1.54, 1.807) is 0 Å². The van der Waals surface area contributed by atoms with Gasteiger partial charge in [-0.05, 0) is 19.8 Å². The zero-order chi connectivity index (χ0) is 12.5. The van der Waals surface area contributed by atoms with Crippen molar-refractivity contribution in [2.75, 3.05) is 0 Å². The Labute approximate surface area is 102 Å². The van der Waals surface area contributed by atoms with Crippen LogP contribution in [-0.2, 0) is 4.74 Å². The highest BCUT2D eigenvalue weighted by Gasteiger charge is 2.12. The Kier molecular flexibility index (Phi) is 6.22. The van der Waals surface area contributed by atoms with Crippen molar-refractivity contribution in [1.29, 1.82) is 0 Å². The second-order valence-electron chi connectivity index (χ2n) is 4.16. The molecular weight excluding hydrogens is 216 g/mol. The van der Waals surface area contributed by atoms with Crippen LogP contribution in [0.15, 0.2) is 18.6 Å². The lowest BCUT2D eigenvalue weighted by Crippen LogP contribution is -2.16. The Bertz CT molecular complexity index is 327. The third-order valence-corrected chi connectivity index (χ3v) is 2.54. The second-order valence-corrected chi connectivity index (χ2v) is 4.16. The van der Waals surface area contributed by atoms with Crippen LogP contribution >= 0.6 is 0 Å². The molecule has 1 aromatic rings. The van der Waals surface area contributed by atoms with Crippen LogP contribution < -0.4 is 0 Å². The number of rotatable bonds is 7. The molecule has 0 aliphatic rings. The van der Waals surface area contributed by atoms with Crippen LogP contribution in [0.2, 0.25) is 0 Å². The summed E-state index contributed by atoms with van der Waals surface area (Å²) in [6, 6.07) is 0. The van der Waals surface area contributed by atoms with Gasteiger partial charge in [0.15, 0.2) is 5.69 Å². The second kappa shape index (κ2) is 7.76. The average molecular weight is 236 g/mol. The Balaban J connectivity index is 2.26. The number of carbonyl (C=O) groups excluding carboxylic acids is 1. The lowest BCUT2D eigenvalue weighted by atomic mass is 10.1. The molecule has 1 aromatic heterocycles. The predicted octanol–water partition coefficient (Wildman–Crippen LogP) is 2.99. The standard InChI is InChI=1S/C13H20N2O2/c1-3-4-5-6-7-11(2)17-13(16)12-10-14-8-9-15-12/h8-11H,3-7H2,1-2H3/t11-/m1/s1. The number of carbonyl (C=O) groups is 1. The molecule has 0 radical (unpaired) electrons. The molecular formula is C13H20N2O2. The molecule has 0 saturated carbocycles. The van der Waals surface area contributed by atoms with Crippen LogP contribution in [0.3, 0.4) is 0 Å². The van der Waals surface area contributed by atoms with E-state index in [2.05, 4.69) is 16.9 Å². The first-order chi connectivity index (χ1) is 8.24. The average Bonchev–Trinajstić information content (AvgIpc) is 2.36. The van der Waals surface area contributed by atoms with Crippen molar-refractivity contribution in [3.8, 4) is 0 Å². The van der Waals surface area contributed by atoms with Crippen molar-refractivity contribution in [1.82, 2.24) is 9.97 Å². The fourth-order valence-corrected chi connectivity index (χ4v) is 1.57. The molecule has 94 valence electrons. The number of aromatic nitrogens is 2. The van der Waals surface area contributed by atoms with E-state index in [0.717, 1.165) is 12.8 Å². The van der Waals surface area contributed by atoms with Gasteiger partial charge >= 0.3 is 5.97 Å². The molecule has 0 bridgehead atoms. The van der Waals surface area contributed by atoms with Gasteiger partial charge in [0.1, 0.15) is 0 Å². The Morgan fingerprint density at radius 2 is 2.18 bits per heavy atom. The molecule has 0 amide bonds. The van der Waals surface area contributed by atoms with E-state index in [1.807, 2.05) is 6.92 Å². The van der Waals surface area contributed by atoms with Gasteiger partial charge < -0.3 is 4.74 Å². The fraction of sp³-hybridized carbons (Fsp3) is 0.615. The SMILES string of the molecule is CCCCCC[C@@H](C)OC(=O)c1cnccn1. The number of nitrogens with zero attached hydrogens (tertiary/aromatic N) is 2. The van der Waals surface area contributed by atoms with Crippen LogP contribution in [0.5, 0.6) is 0 Å². The number of hydrogen-bond donors (Lipinski definition) is 0. The van der Waals surface area contributed by atoms with E-state index >= 15 is 0 Å². The van der Waals surface area contributed by atoms with Crippen molar-refractivity contribution >= 4 is 5.97 Å². The summed E-state index contributed by atoms with van der Waals surface area (Å²) >= 11 is 0. The van der Waals surface area contributed by atoms with Crippen molar-refractivity contribution in [3.05, 3.63) is 24.3 Å². The third-order valence-electron chi connectivity index (χ3n) is 2.54. The van der Waals surface area contributed by atoms with Gasteiger partial charge in [0.2, 0.25) is 0 Å². The number of hydrogen-bond acceptors (Lipinski definition) is 4. The molecule has 4 heteroatoms. The maximum Gasteiger partial charge on any atom is 0.358 e. The summed E-state index contributed by atoms with van der Waals surface area (Å²) in [5, 5.41) is 0. The summed E-state index contributed by atoms with van der Waals surface area (Å²) in [6.45, 7) is 4.09. The zero-order valence-corrected chi connectivity index (χ0v) is 10.6. The Morgan fingerprint density at radius 1 is 1.35 bits per heavy atom. The van der Waals surface area contributed by atoms with Gasteiger partial charge in [0, 0.05) is 12.4 Å². The van der Waals surface area contributed by atoms with Crippen LogP contribution in [0.1, 0.15) is 56.4 Å². The van der Waals surface area contributed by atoms with Gasteiger partial charge in [-0.1, -0.05) is 26.2 Å². The molecule has 1 rings (SSSR count). The van der Waals surface area contributed by atoms with Crippen molar-refractivity contribution in [2.45, 2.75) is 52.1 Å². The summed E-state index contributed by atoms with van der Waals surface area (Å²) < 4.78 is 5.28. The van der Waals surface area contributed by atoms with Crippen molar-refractivity contribution < 1.29 is 9.53 Å². The third kappa shape index (κ3) is 5.43. The van der Waals surface area contributed by atoms with Gasteiger partial charge in [0.25, 0.3) is 0 Å². The van der Waals surface area contributed by atoms with Gasteiger partial charge in [0.05, 0.1) is 12.3 Å². The van der Waals surface area contributed by atoms with Crippen LogP contribution in [-0.4, -0.2) is 22.0 Å². The minimum Gasteiger partial charge on any atom is -0.458 e. The van der Waals surface area contributed by atoms with E-state index in [0.29, 0.717) is 0 Å². The summed E-state index contributed by atoms with van der Waals surface area (Å²) in [7, 11) is 0. The largest absolute Gasteiger partial charge is 0.458 e. The fourth-order valence-electron chi connectivity index (χ4n) is 1.57. The lowest BCUT2D eigenvalue weighted by molar-refractivity contribution is 0.0312. The molecule has 0 saturated heterocycles.